The van der Waals surface area contributed by atoms with Crippen LogP contribution in [0, 0.1) is 0 Å². The van der Waals surface area contributed by atoms with Gasteiger partial charge in [0.05, 0.1) is 11.6 Å². The first-order chi connectivity index (χ1) is 9.95. The molecule has 2 fully saturated rings. The van der Waals surface area contributed by atoms with Crippen LogP contribution in [0.1, 0.15) is 17.5 Å². The van der Waals surface area contributed by atoms with Crippen molar-refractivity contribution in [3.05, 3.63) is 35.4 Å². The van der Waals surface area contributed by atoms with Crippen LogP contribution >= 0.6 is 0 Å². The topological polar surface area (TPSA) is 41.6 Å². The molecule has 21 heavy (non-hydrogen) atoms. The lowest BCUT2D eigenvalue weighted by molar-refractivity contribution is -0.137. The van der Waals surface area contributed by atoms with Crippen LogP contribution in [0.2, 0.25) is 0 Å². The highest BCUT2D eigenvalue weighted by Gasteiger charge is 2.42. The minimum absolute atomic E-state index is 0.0476. The predicted molar refractivity (Wildman–Crippen MR) is 68.5 cm³/mol. The summed E-state index contributed by atoms with van der Waals surface area (Å²) >= 11 is 0. The molecule has 0 bridgehead atoms. The Balaban J connectivity index is 1.72. The number of ether oxygens (including phenoxy) is 1. The van der Waals surface area contributed by atoms with Crippen LogP contribution in [0.4, 0.5) is 18.0 Å². The summed E-state index contributed by atoms with van der Waals surface area (Å²) < 4.78 is 42.8. The molecule has 2 unspecified atom stereocenters. The summed E-state index contributed by atoms with van der Waals surface area (Å²) in [6.07, 6.45) is -4.09. The van der Waals surface area contributed by atoms with Gasteiger partial charge in [-0.1, -0.05) is 12.1 Å². The predicted octanol–water partition coefficient (Wildman–Crippen LogP) is 2.39. The van der Waals surface area contributed by atoms with Crippen molar-refractivity contribution >= 4 is 6.09 Å². The lowest BCUT2D eigenvalue weighted by atomic mass is 10.0. The van der Waals surface area contributed by atoms with Crippen LogP contribution < -0.4 is 5.32 Å². The van der Waals surface area contributed by atoms with E-state index < -0.39 is 17.8 Å². The van der Waals surface area contributed by atoms with Crippen molar-refractivity contribution in [1.29, 1.82) is 0 Å². The molecule has 0 spiro atoms. The van der Waals surface area contributed by atoms with Crippen LogP contribution in [0.5, 0.6) is 0 Å². The van der Waals surface area contributed by atoms with Crippen LogP contribution in [0.15, 0.2) is 24.3 Å². The van der Waals surface area contributed by atoms with Crippen LogP contribution in [0.25, 0.3) is 0 Å². The summed E-state index contributed by atoms with van der Waals surface area (Å²) in [6, 6.07) is 4.83. The number of nitrogens with zero attached hydrogens (tertiary/aromatic N) is 1. The minimum atomic E-state index is -4.34. The molecule has 0 aromatic heterocycles. The molecule has 2 atom stereocenters. The van der Waals surface area contributed by atoms with E-state index in [1.807, 2.05) is 0 Å². The van der Waals surface area contributed by atoms with Gasteiger partial charge in [-0.05, 0) is 30.7 Å². The zero-order valence-electron chi connectivity index (χ0n) is 11.2. The van der Waals surface area contributed by atoms with Crippen molar-refractivity contribution in [2.45, 2.75) is 31.3 Å². The zero-order valence-corrected chi connectivity index (χ0v) is 11.2. The molecular formula is C14H15F3N2O2. The molecule has 2 aliphatic heterocycles. The molecule has 2 saturated heterocycles. The number of halogens is 3. The number of amides is 1. The molecule has 0 radical (unpaired) electrons. The van der Waals surface area contributed by atoms with E-state index in [1.54, 1.807) is 4.90 Å². The standard InChI is InChI=1S/C14H15F3N2O2/c15-14(16,17)10-3-1-9(2-4-10)8-19-11-7-18-6-5-12(11)21-13(19)20/h1-4,11-12,18H,5-8H2. The first-order valence-electron chi connectivity index (χ1n) is 6.79. The minimum Gasteiger partial charge on any atom is -0.444 e. The van der Waals surface area contributed by atoms with E-state index in [-0.39, 0.29) is 18.7 Å². The maximum Gasteiger partial charge on any atom is 0.416 e. The summed E-state index contributed by atoms with van der Waals surface area (Å²) in [5, 5.41) is 3.20. The van der Waals surface area contributed by atoms with Gasteiger partial charge in [0.25, 0.3) is 0 Å². The first-order valence-corrected chi connectivity index (χ1v) is 6.79. The third kappa shape index (κ3) is 2.83. The molecule has 0 saturated carbocycles. The second-order valence-electron chi connectivity index (χ2n) is 5.30. The Labute approximate surface area is 119 Å². The van der Waals surface area contributed by atoms with Crippen LogP contribution in [0.3, 0.4) is 0 Å². The Bertz CT molecular complexity index is 530. The Kier molecular flexibility index (Phi) is 3.52. The summed E-state index contributed by atoms with van der Waals surface area (Å²) in [5.41, 5.74) is -0.0290. The first kappa shape index (κ1) is 14.2. The largest absolute Gasteiger partial charge is 0.444 e. The van der Waals surface area contributed by atoms with Gasteiger partial charge in [0.15, 0.2) is 0 Å². The number of piperidine rings is 1. The molecule has 4 nitrogen and oxygen atoms in total. The number of carbonyl (C=O) groups is 1. The fourth-order valence-corrected chi connectivity index (χ4v) is 2.78. The fraction of sp³-hybridized carbons (Fsp3) is 0.500. The maximum absolute atomic E-state index is 12.5. The summed E-state index contributed by atoms with van der Waals surface area (Å²) in [5.74, 6) is 0. The Morgan fingerprint density at radius 3 is 2.67 bits per heavy atom. The van der Waals surface area contributed by atoms with Crippen molar-refractivity contribution in [2.24, 2.45) is 0 Å². The van der Waals surface area contributed by atoms with Crippen molar-refractivity contribution in [2.75, 3.05) is 13.1 Å². The number of benzene rings is 1. The van der Waals surface area contributed by atoms with Crippen molar-refractivity contribution < 1.29 is 22.7 Å². The lowest BCUT2D eigenvalue weighted by Crippen LogP contribution is -2.48. The van der Waals surface area contributed by atoms with Gasteiger partial charge >= 0.3 is 12.3 Å². The molecule has 114 valence electrons. The van der Waals surface area contributed by atoms with Gasteiger partial charge in [-0.15, -0.1) is 0 Å². The highest BCUT2D eigenvalue weighted by atomic mass is 19.4. The highest BCUT2D eigenvalue weighted by Crippen LogP contribution is 2.30. The van der Waals surface area contributed by atoms with Crippen molar-refractivity contribution in [3.8, 4) is 0 Å². The van der Waals surface area contributed by atoms with E-state index >= 15 is 0 Å². The van der Waals surface area contributed by atoms with E-state index in [1.165, 1.54) is 12.1 Å². The lowest BCUT2D eigenvalue weighted by Gasteiger charge is -2.28. The average molecular weight is 300 g/mol. The molecule has 1 N–H and O–H groups in total. The third-order valence-electron chi connectivity index (χ3n) is 3.91. The molecule has 7 heteroatoms. The van der Waals surface area contributed by atoms with E-state index in [2.05, 4.69) is 5.32 Å². The van der Waals surface area contributed by atoms with E-state index in [9.17, 15) is 18.0 Å². The van der Waals surface area contributed by atoms with Gasteiger partial charge < -0.3 is 10.1 Å². The van der Waals surface area contributed by atoms with Crippen LogP contribution in [-0.2, 0) is 17.5 Å². The summed E-state index contributed by atoms with van der Waals surface area (Å²) in [4.78, 5) is 13.4. The molecule has 1 aromatic rings. The van der Waals surface area contributed by atoms with Gasteiger partial charge in [0.1, 0.15) is 6.10 Å². The Morgan fingerprint density at radius 1 is 1.29 bits per heavy atom. The summed E-state index contributed by atoms with van der Waals surface area (Å²) in [7, 11) is 0. The van der Waals surface area contributed by atoms with Gasteiger partial charge in [-0.3, -0.25) is 4.90 Å². The Hall–Kier alpha value is -1.76. The zero-order chi connectivity index (χ0) is 15.0. The maximum atomic E-state index is 12.5. The van der Waals surface area contributed by atoms with E-state index in [0.717, 1.165) is 25.1 Å². The summed E-state index contributed by atoms with van der Waals surface area (Å²) in [6.45, 7) is 1.72. The second kappa shape index (κ2) is 5.22. The van der Waals surface area contributed by atoms with Crippen LogP contribution in [-0.4, -0.2) is 36.2 Å². The number of carbonyl (C=O) groups excluding carboxylic acids is 1. The quantitative estimate of drug-likeness (QED) is 0.912. The molecule has 1 amide bonds. The smallest absolute Gasteiger partial charge is 0.416 e. The number of hydrogen-bond donors (Lipinski definition) is 1. The van der Waals surface area contributed by atoms with E-state index in [0.29, 0.717) is 12.1 Å². The SMILES string of the molecule is O=C1OC2CCNCC2N1Cc1ccc(C(F)(F)F)cc1. The van der Waals surface area contributed by atoms with Gasteiger partial charge in [0.2, 0.25) is 0 Å². The van der Waals surface area contributed by atoms with Crippen molar-refractivity contribution in [1.82, 2.24) is 10.2 Å². The van der Waals surface area contributed by atoms with Gasteiger partial charge in [-0.25, -0.2) is 4.79 Å². The highest BCUT2D eigenvalue weighted by molar-refractivity contribution is 5.71. The average Bonchev–Trinajstić information content (AvgIpc) is 2.75. The molecule has 2 aliphatic rings. The number of nitrogens with one attached hydrogen (secondary N) is 1. The number of alkyl halides is 3. The molecule has 1 aromatic carbocycles. The van der Waals surface area contributed by atoms with E-state index in [4.69, 9.17) is 4.74 Å². The van der Waals surface area contributed by atoms with Gasteiger partial charge in [0, 0.05) is 13.1 Å². The third-order valence-corrected chi connectivity index (χ3v) is 3.91. The fourth-order valence-electron chi connectivity index (χ4n) is 2.78. The monoisotopic (exact) mass is 300 g/mol. The molecule has 3 rings (SSSR count). The van der Waals surface area contributed by atoms with Crippen molar-refractivity contribution in [3.63, 3.8) is 0 Å². The Morgan fingerprint density at radius 2 is 2.00 bits per heavy atom. The number of rotatable bonds is 2. The molecule has 2 heterocycles. The molecular weight excluding hydrogens is 285 g/mol. The normalized spacial score (nSPS) is 25.7. The van der Waals surface area contributed by atoms with Gasteiger partial charge in [-0.2, -0.15) is 13.2 Å². The second-order valence-corrected chi connectivity index (χ2v) is 5.30. The molecule has 0 aliphatic carbocycles. The number of hydrogen-bond acceptors (Lipinski definition) is 3. The number of fused-ring (bicyclic) bond motifs is 1.